The molecule has 42 heavy (non-hydrogen) atoms. The Morgan fingerprint density at radius 1 is 1.02 bits per heavy atom. The molecule has 0 radical (unpaired) electrons. The van der Waals surface area contributed by atoms with Crippen LogP contribution in [0.15, 0.2) is 72.3 Å². The highest BCUT2D eigenvalue weighted by Crippen LogP contribution is 2.39. The molecule has 5 nitrogen and oxygen atoms in total. The zero-order valence-electron chi connectivity index (χ0n) is 27.6. The van der Waals surface area contributed by atoms with E-state index in [4.69, 9.17) is 13.9 Å². The van der Waals surface area contributed by atoms with Crippen LogP contribution in [0.25, 0.3) is 0 Å². The van der Waals surface area contributed by atoms with Crippen LogP contribution in [0.2, 0.25) is 5.04 Å². The SMILES string of the molecule is CC(=CCCC(C)O[Si](c1ccccc1)(c1ccccc1)C(C)(C)C)C(O)[C@@H](C)C(=O)C(C)(C)[C@@H]1CCOC(C)(C)O1. The summed E-state index contributed by atoms with van der Waals surface area (Å²) in [5, 5.41) is 13.6. The van der Waals surface area contributed by atoms with Gasteiger partial charge in [-0.2, -0.15) is 0 Å². The summed E-state index contributed by atoms with van der Waals surface area (Å²) in [5.41, 5.74) is 0.0809. The summed E-state index contributed by atoms with van der Waals surface area (Å²) in [5.74, 6) is -1.25. The van der Waals surface area contributed by atoms with Crippen molar-refractivity contribution in [2.75, 3.05) is 6.61 Å². The monoisotopic (exact) mass is 594 g/mol. The number of allylic oxidation sites excluding steroid dienone is 1. The lowest BCUT2D eigenvalue weighted by Gasteiger charge is -2.44. The quantitative estimate of drug-likeness (QED) is 0.216. The van der Waals surface area contributed by atoms with Crippen molar-refractivity contribution in [3.63, 3.8) is 0 Å². The fourth-order valence-electron chi connectivity index (χ4n) is 6.36. The fourth-order valence-corrected chi connectivity index (χ4v) is 11.1. The van der Waals surface area contributed by atoms with E-state index in [1.165, 1.54) is 10.4 Å². The van der Waals surface area contributed by atoms with Crippen molar-refractivity contribution in [3.8, 4) is 0 Å². The Balaban J connectivity index is 1.72. The minimum Gasteiger partial charge on any atom is -0.405 e. The Morgan fingerprint density at radius 2 is 1.55 bits per heavy atom. The van der Waals surface area contributed by atoms with Crippen molar-refractivity contribution in [2.45, 2.75) is 118 Å². The topological polar surface area (TPSA) is 65.0 Å². The third kappa shape index (κ3) is 7.70. The van der Waals surface area contributed by atoms with Gasteiger partial charge in [0.2, 0.25) is 0 Å². The molecule has 0 saturated carbocycles. The zero-order chi connectivity index (χ0) is 31.3. The first-order chi connectivity index (χ1) is 19.5. The van der Waals surface area contributed by atoms with E-state index in [9.17, 15) is 9.90 Å². The number of rotatable bonds is 12. The Labute approximate surface area is 255 Å². The van der Waals surface area contributed by atoms with Gasteiger partial charge in [0.1, 0.15) is 5.78 Å². The van der Waals surface area contributed by atoms with Crippen LogP contribution in [0.4, 0.5) is 0 Å². The number of carbonyl (C=O) groups excluding carboxylic acids is 1. The molecule has 0 bridgehead atoms. The van der Waals surface area contributed by atoms with Crippen LogP contribution in [-0.2, 0) is 18.7 Å². The molecule has 6 heteroatoms. The maximum atomic E-state index is 13.6. The average Bonchev–Trinajstić information content (AvgIpc) is 2.94. The van der Waals surface area contributed by atoms with E-state index in [2.05, 4.69) is 94.4 Å². The van der Waals surface area contributed by atoms with Gasteiger partial charge < -0.3 is 19.0 Å². The maximum Gasteiger partial charge on any atom is 0.261 e. The molecule has 0 aromatic heterocycles. The van der Waals surface area contributed by atoms with Gasteiger partial charge in [-0.1, -0.05) is 108 Å². The summed E-state index contributed by atoms with van der Waals surface area (Å²) in [6.07, 6.45) is 3.19. The van der Waals surface area contributed by atoms with E-state index in [1.807, 2.05) is 41.5 Å². The third-order valence-electron chi connectivity index (χ3n) is 8.88. The Kier molecular flexibility index (Phi) is 11.2. The molecule has 4 atom stereocenters. The number of ether oxygens (including phenoxy) is 2. The standard InChI is InChI=1S/C36H54O5Si/c1-26(32(37)28(3)33(38)35(7,8)31-24-25-39-36(9,10)40-31)18-17-19-27(2)41-42(34(4,5)6,29-20-13-11-14-21-29)30-22-15-12-16-23-30/h11-16,18,20-23,27-28,31-32,37H,17,19,24-25H2,1-10H3/t27?,28-,31+,32?/m1/s1. The van der Waals surface area contributed by atoms with Crippen LogP contribution in [0, 0.1) is 11.3 Å². The highest BCUT2D eigenvalue weighted by Gasteiger charge is 2.51. The molecule has 0 aliphatic carbocycles. The van der Waals surface area contributed by atoms with Gasteiger partial charge >= 0.3 is 0 Å². The highest BCUT2D eigenvalue weighted by atomic mass is 28.4. The number of carbonyl (C=O) groups is 1. The molecule has 0 spiro atoms. The van der Waals surface area contributed by atoms with Crippen LogP contribution in [0.3, 0.4) is 0 Å². The second kappa shape index (κ2) is 13.7. The number of hydrogen-bond donors (Lipinski definition) is 1. The van der Waals surface area contributed by atoms with Crippen LogP contribution < -0.4 is 10.4 Å². The molecule has 232 valence electrons. The molecule has 1 aliphatic heterocycles. The van der Waals surface area contributed by atoms with Gasteiger partial charge in [0.15, 0.2) is 5.79 Å². The van der Waals surface area contributed by atoms with Crippen LogP contribution in [0.1, 0.15) is 88.5 Å². The van der Waals surface area contributed by atoms with Crippen LogP contribution in [-0.4, -0.2) is 49.9 Å². The van der Waals surface area contributed by atoms with Gasteiger partial charge in [0.05, 0.1) is 24.2 Å². The van der Waals surface area contributed by atoms with E-state index >= 15 is 0 Å². The maximum absolute atomic E-state index is 13.6. The summed E-state index contributed by atoms with van der Waals surface area (Å²) in [6, 6.07) is 21.4. The molecule has 2 aromatic carbocycles. The molecule has 2 aromatic rings. The van der Waals surface area contributed by atoms with Crippen molar-refractivity contribution < 1.29 is 23.8 Å². The summed E-state index contributed by atoms with van der Waals surface area (Å²) < 4.78 is 19.0. The molecule has 1 heterocycles. The summed E-state index contributed by atoms with van der Waals surface area (Å²) in [7, 11) is -2.63. The van der Waals surface area contributed by atoms with Crippen molar-refractivity contribution in [3.05, 3.63) is 72.3 Å². The second-order valence-corrected chi connectivity index (χ2v) is 18.3. The molecule has 1 aliphatic rings. The molecular weight excluding hydrogens is 540 g/mol. The lowest BCUT2D eigenvalue weighted by atomic mass is 9.73. The Bertz CT molecular complexity index is 1140. The minimum absolute atomic E-state index is 0.00418. The van der Waals surface area contributed by atoms with E-state index in [0.29, 0.717) is 13.0 Å². The van der Waals surface area contributed by atoms with Gasteiger partial charge in [-0.3, -0.25) is 4.79 Å². The first-order valence-corrected chi connectivity index (χ1v) is 17.4. The van der Waals surface area contributed by atoms with Gasteiger partial charge in [0, 0.05) is 12.0 Å². The van der Waals surface area contributed by atoms with Crippen molar-refractivity contribution in [1.82, 2.24) is 0 Å². The number of aliphatic hydroxyl groups excluding tert-OH is 1. The molecule has 1 fully saturated rings. The Hall–Kier alpha value is -2.09. The minimum atomic E-state index is -2.63. The van der Waals surface area contributed by atoms with Gasteiger partial charge in [0.25, 0.3) is 8.32 Å². The van der Waals surface area contributed by atoms with E-state index in [1.54, 1.807) is 0 Å². The summed E-state index contributed by atoms with van der Waals surface area (Å²) in [6.45, 7) is 20.9. The molecule has 1 N–H and O–H groups in total. The van der Waals surface area contributed by atoms with Gasteiger partial charge in [-0.05, 0) is 67.9 Å². The fraction of sp³-hybridized carbons (Fsp3) is 0.583. The molecular formula is C36H54O5Si. The van der Waals surface area contributed by atoms with Crippen LogP contribution in [0.5, 0.6) is 0 Å². The number of ketones is 1. The van der Waals surface area contributed by atoms with Crippen molar-refractivity contribution in [1.29, 1.82) is 0 Å². The largest absolute Gasteiger partial charge is 0.405 e. The lowest BCUT2D eigenvalue weighted by Crippen LogP contribution is -2.67. The smallest absolute Gasteiger partial charge is 0.261 e. The summed E-state index contributed by atoms with van der Waals surface area (Å²) in [4.78, 5) is 13.6. The Morgan fingerprint density at radius 3 is 2.02 bits per heavy atom. The predicted molar refractivity (Wildman–Crippen MR) is 175 cm³/mol. The zero-order valence-corrected chi connectivity index (χ0v) is 28.6. The number of aliphatic hydroxyl groups is 1. The average molecular weight is 595 g/mol. The predicted octanol–water partition coefficient (Wildman–Crippen LogP) is 6.81. The van der Waals surface area contributed by atoms with Crippen LogP contribution >= 0.6 is 0 Å². The number of Topliss-reactive ketones (excluding diaryl/α,β-unsaturated/α-hetero) is 1. The molecule has 3 rings (SSSR count). The molecule has 0 amide bonds. The molecule has 2 unspecified atom stereocenters. The number of benzene rings is 2. The highest BCUT2D eigenvalue weighted by molar-refractivity contribution is 6.99. The third-order valence-corrected chi connectivity index (χ3v) is 14.0. The normalized spacial score (nSPS) is 20.5. The van der Waals surface area contributed by atoms with Gasteiger partial charge in [-0.15, -0.1) is 0 Å². The second-order valence-electron chi connectivity index (χ2n) is 14.1. The van der Waals surface area contributed by atoms with Gasteiger partial charge in [-0.25, -0.2) is 0 Å². The number of hydrogen-bond acceptors (Lipinski definition) is 5. The van der Waals surface area contributed by atoms with Crippen molar-refractivity contribution in [2.24, 2.45) is 11.3 Å². The van der Waals surface area contributed by atoms with E-state index in [0.717, 1.165) is 18.4 Å². The van der Waals surface area contributed by atoms with E-state index in [-0.39, 0.29) is 23.0 Å². The lowest BCUT2D eigenvalue weighted by molar-refractivity contribution is -0.289. The van der Waals surface area contributed by atoms with E-state index < -0.39 is 31.5 Å². The van der Waals surface area contributed by atoms with Crippen molar-refractivity contribution >= 4 is 24.5 Å². The molecule has 1 saturated heterocycles. The summed E-state index contributed by atoms with van der Waals surface area (Å²) >= 11 is 0. The first-order valence-electron chi connectivity index (χ1n) is 15.5. The first kappa shape index (κ1) is 34.4.